The molecule has 178 valence electrons. The first-order valence-electron chi connectivity index (χ1n) is 12.2. The van der Waals surface area contributed by atoms with Crippen LogP contribution < -0.4 is 0 Å². The van der Waals surface area contributed by atoms with Crippen LogP contribution in [0.25, 0.3) is 0 Å². The van der Waals surface area contributed by atoms with Crippen LogP contribution in [0.3, 0.4) is 0 Å². The van der Waals surface area contributed by atoms with Crippen LogP contribution in [0.2, 0.25) is 18.1 Å². The van der Waals surface area contributed by atoms with Crippen LogP contribution in [0, 0.1) is 11.5 Å². The van der Waals surface area contributed by atoms with Crippen LogP contribution >= 0.6 is 0 Å². The molecule has 0 amide bonds. The zero-order valence-electron chi connectivity index (χ0n) is 20.4. The summed E-state index contributed by atoms with van der Waals surface area (Å²) < 4.78 is 11.1. The van der Waals surface area contributed by atoms with Gasteiger partial charge in [0.15, 0.2) is 0 Å². The third kappa shape index (κ3) is 14.6. The third-order valence-corrected chi connectivity index (χ3v) is 10.6. The highest BCUT2D eigenvalue weighted by atomic mass is 28.3. The molecule has 6 heteroatoms. The summed E-state index contributed by atoms with van der Waals surface area (Å²) in [4.78, 5) is 2.34. The van der Waals surface area contributed by atoms with Crippen molar-refractivity contribution in [2.45, 2.75) is 97.1 Å². The lowest BCUT2D eigenvalue weighted by molar-refractivity contribution is -0.0225. The van der Waals surface area contributed by atoms with Gasteiger partial charge in [-0.3, -0.25) is 0 Å². The number of ether oxygens (including phenoxy) is 2. The molecule has 2 N–H and O–H groups in total. The van der Waals surface area contributed by atoms with Crippen molar-refractivity contribution in [1.29, 1.82) is 0 Å². The first-order chi connectivity index (χ1) is 14.5. The fourth-order valence-electron chi connectivity index (χ4n) is 3.40. The second-order valence-corrected chi connectivity index (χ2v) is 13.2. The van der Waals surface area contributed by atoms with Gasteiger partial charge in [-0.2, -0.15) is 0 Å². The van der Waals surface area contributed by atoms with Gasteiger partial charge in [0.25, 0.3) is 0 Å². The molecule has 2 atom stereocenters. The molecule has 0 heterocycles. The monoisotopic (exact) mass is 443 g/mol. The molecular weight excluding hydrogens is 394 g/mol. The van der Waals surface area contributed by atoms with Gasteiger partial charge in [-0.1, -0.05) is 47.5 Å². The summed E-state index contributed by atoms with van der Waals surface area (Å²) in [7, 11) is -1.43. The maximum atomic E-state index is 10.2. The minimum Gasteiger partial charge on any atom is -0.390 e. The van der Waals surface area contributed by atoms with Crippen molar-refractivity contribution in [2.24, 2.45) is 0 Å². The lowest BCUT2D eigenvalue weighted by Gasteiger charge is -2.24. The predicted molar refractivity (Wildman–Crippen MR) is 129 cm³/mol. The lowest BCUT2D eigenvalue weighted by atomic mass is 10.2. The van der Waals surface area contributed by atoms with Crippen molar-refractivity contribution in [3.63, 3.8) is 0 Å². The maximum absolute atomic E-state index is 10.2. The van der Waals surface area contributed by atoms with Crippen molar-refractivity contribution >= 4 is 8.07 Å². The standard InChI is InChI=1S/C24H49NO4Si/c1-6-11-15-25(16-12-7-2)20-24(27)22-29-18-17-28-21-23(26)14-13-19-30(8-3,9-4)10-5/h23-24,26-27H,6-12,14-18,20-22H2,1-5H3/t23-,24+/m0/s1. The Bertz CT molecular complexity index is 432. The molecule has 0 aliphatic carbocycles. The number of unbranched alkanes of at least 4 members (excludes halogenated alkanes) is 2. The minimum absolute atomic E-state index is 0.279. The molecule has 0 saturated heterocycles. The van der Waals surface area contributed by atoms with Crippen molar-refractivity contribution in [3.05, 3.63) is 0 Å². The van der Waals surface area contributed by atoms with E-state index in [4.69, 9.17) is 9.47 Å². The van der Waals surface area contributed by atoms with E-state index in [-0.39, 0.29) is 6.61 Å². The van der Waals surface area contributed by atoms with E-state index in [1.807, 2.05) is 0 Å². The first-order valence-corrected chi connectivity index (χ1v) is 14.8. The largest absolute Gasteiger partial charge is 0.390 e. The van der Waals surface area contributed by atoms with Gasteiger partial charge in [-0.05, 0) is 44.1 Å². The molecule has 0 saturated carbocycles. The Kier molecular flexibility index (Phi) is 19.0. The van der Waals surface area contributed by atoms with E-state index in [1.165, 1.54) is 31.0 Å². The van der Waals surface area contributed by atoms with E-state index >= 15 is 0 Å². The van der Waals surface area contributed by atoms with Gasteiger partial charge in [0, 0.05) is 13.0 Å². The van der Waals surface area contributed by atoms with Crippen molar-refractivity contribution in [2.75, 3.05) is 46.1 Å². The molecule has 0 bridgehead atoms. The van der Waals surface area contributed by atoms with E-state index in [0.717, 1.165) is 25.9 Å². The average molecular weight is 444 g/mol. The Morgan fingerprint density at radius 3 is 1.77 bits per heavy atom. The molecule has 0 spiro atoms. The van der Waals surface area contributed by atoms with Gasteiger partial charge in [0.2, 0.25) is 0 Å². The normalized spacial score (nSPS) is 13.9. The van der Waals surface area contributed by atoms with E-state index < -0.39 is 20.3 Å². The predicted octanol–water partition coefficient (Wildman–Crippen LogP) is 4.08. The SMILES string of the molecule is CCCCN(CCCC)C[C@@H](O)COCCOC[C@@H](O)CC#C[Si](CC)(CC)CC. The van der Waals surface area contributed by atoms with E-state index in [1.54, 1.807) is 0 Å². The van der Waals surface area contributed by atoms with Crippen LogP contribution in [0.4, 0.5) is 0 Å². The molecule has 0 aliphatic rings. The molecule has 0 aromatic heterocycles. The maximum Gasteiger partial charge on any atom is 0.137 e. The molecule has 0 unspecified atom stereocenters. The molecular formula is C24H49NO4Si. The van der Waals surface area contributed by atoms with Crippen molar-refractivity contribution in [1.82, 2.24) is 4.90 Å². The van der Waals surface area contributed by atoms with E-state index in [9.17, 15) is 10.2 Å². The Hall–Kier alpha value is -0.423. The van der Waals surface area contributed by atoms with Crippen molar-refractivity contribution in [3.8, 4) is 11.5 Å². The van der Waals surface area contributed by atoms with Gasteiger partial charge in [-0.15, -0.1) is 11.5 Å². The number of hydrogen-bond acceptors (Lipinski definition) is 5. The molecule has 0 aromatic rings. The second kappa shape index (κ2) is 19.3. The summed E-state index contributed by atoms with van der Waals surface area (Å²) in [6, 6.07) is 3.53. The Balaban J connectivity index is 3.94. The summed E-state index contributed by atoms with van der Waals surface area (Å²) >= 11 is 0. The van der Waals surface area contributed by atoms with Crippen LogP contribution in [-0.4, -0.2) is 81.5 Å². The fraction of sp³-hybridized carbons (Fsp3) is 0.917. The summed E-state index contributed by atoms with van der Waals surface area (Å²) in [6.07, 6.45) is 4.11. The quantitative estimate of drug-likeness (QED) is 0.179. The average Bonchev–Trinajstić information content (AvgIpc) is 2.75. The van der Waals surface area contributed by atoms with Gasteiger partial charge in [0.05, 0.1) is 38.6 Å². The zero-order chi connectivity index (χ0) is 22.7. The molecule has 0 rings (SSSR count). The lowest BCUT2D eigenvalue weighted by Crippen LogP contribution is -2.36. The minimum atomic E-state index is -1.43. The molecule has 0 fully saturated rings. The number of aliphatic hydroxyl groups is 2. The highest BCUT2D eigenvalue weighted by Crippen LogP contribution is 2.18. The van der Waals surface area contributed by atoms with Gasteiger partial charge < -0.3 is 24.6 Å². The van der Waals surface area contributed by atoms with Crippen molar-refractivity contribution < 1.29 is 19.7 Å². The van der Waals surface area contributed by atoms with Crippen LogP contribution in [0.5, 0.6) is 0 Å². The molecule has 5 nitrogen and oxygen atoms in total. The summed E-state index contributed by atoms with van der Waals surface area (Å²) in [5, 5.41) is 20.3. The molecule has 0 aromatic carbocycles. The summed E-state index contributed by atoms with van der Waals surface area (Å²) in [5.74, 6) is 3.21. The molecule has 30 heavy (non-hydrogen) atoms. The van der Waals surface area contributed by atoms with E-state index in [0.29, 0.717) is 32.8 Å². The number of aliphatic hydroxyl groups excluding tert-OH is 2. The van der Waals surface area contributed by atoms with Gasteiger partial charge in [-0.25, -0.2) is 0 Å². The van der Waals surface area contributed by atoms with Gasteiger partial charge >= 0.3 is 0 Å². The Morgan fingerprint density at radius 2 is 1.30 bits per heavy atom. The van der Waals surface area contributed by atoms with Crippen LogP contribution in [0.1, 0.15) is 66.7 Å². The van der Waals surface area contributed by atoms with Crippen LogP contribution in [-0.2, 0) is 9.47 Å². The van der Waals surface area contributed by atoms with Gasteiger partial charge in [0.1, 0.15) is 8.07 Å². The Labute approximate surface area is 187 Å². The summed E-state index contributed by atoms with van der Waals surface area (Å²) in [6.45, 7) is 15.3. The zero-order valence-corrected chi connectivity index (χ0v) is 21.4. The highest BCUT2D eigenvalue weighted by Gasteiger charge is 2.24. The number of hydrogen-bond donors (Lipinski definition) is 2. The fourth-order valence-corrected chi connectivity index (χ4v) is 5.90. The molecule has 0 radical (unpaired) electrons. The van der Waals surface area contributed by atoms with Crippen LogP contribution in [0.15, 0.2) is 0 Å². The smallest absolute Gasteiger partial charge is 0.137 e. The third-order valence-electron chi connectivity index (χ3n) is 5.84. The number of rotatable bonds is 19. The highest BCUT2D eigenvalue weighted by molar-refractivity contribution is 6.87. The number of nitrogens with zero attached hydrogens (tertiary/aromatic N) is 1. The topological polar surface area (TPSA) is 62.2 Å². The summed E-state index contributed by atoms with van der Waals surface area (Å²) in [5.41, 5.74) is 3.49. The second-order valence-electron chi connectivity index (χ2n) is 8.31. The van der Waals surface area contributed by atoms with E-state index in [2.05, 4.69) is 51.0 Å². The Morgan fingerprint density at radius 1 is 0.800 bits per heavy atom. The molecule has 0 aliphatic heterocycles. The first kappa shape index (κ1) is 29.6.